The maximum Gasteiger partial charge on any atom is 0.183 e. The summed E-state index contributed by atoms with van der Waals surface area (Å²) in [6.07, 6.45) is 0.980. The van der Waals surface area contributed by atoms with Gasteiger partial charge >= 0.3 is 0 Å². The highest BCUT2D eigenvalue weighted by Crippen LogP contribution is 2.23. The van der Waals surface area contributed by atoms with Crippen molar-refractivity contribution in [3.8, 4) is 0 Å². The number of hydrogen-bond acceptors (Lipinski definition) is 4. The van der Waals surface area contributed by atoms with Crippen molar-refractivity contribution >= 4 is 39.9 Å². The smallest absolute Gasteiger partial charge is 0.183 e. The minimum atomic E-state index is 0.168. The van der Waals surface area contributed by atoms with Crippen LogP contribution in [-0.4, -0.2) is 21.5 Å². The van der Waals surface area contributed by atoms with Gasteiger partial charge in [0.1, 0.15) is 0 Å². The third-order valence-corrected chi connectivity index (χ3v) is 5.38. The van der Waals surface area contributed by atoms with Crippen LogP contribution in [0, 0.1) is 6.92 Å². The van der Waals surface area contributed by atoms with Crippen LogP contribution in [0.4, 0.5) is 0 Å². The van der Waals surface area contributed by atoms with Crippen molar-refractivity contribution in [2.75, 3.05) is 5.75 Å². The van der Waals surface area contributed by atoms with Gasteiger partial charge < -0.3 is 4.98 Å². The van der Waals surface area contributed by atoms with E-state index in [9.17, 15) is 4.79 Å². The zero-order valence-corrected chi connectivity index (χ0v) is 13.6. The molecule has 1 aromatic carbocycles. The molecule has 0 spiro atoms. The lowest BCUT2D eigenvalue weighted by molar-refractivity contribution is 0.102. The van der Waals surface area contributed by atoms with Gasteiger partial charge in [-0.1, -0.05) is 24.8 Å². The molecule has 0 aliphatic carbocycles. The van der Waals surface area contributed by atoms with E-state index in [2.05, 4.69) is 29.9 Å². The Labute approximate surface area is 131 Å². The number of aryl methyl sites for hydroxylation is 2. The zero-order chi connectivity index (χ0) is 14.8. The molecule has 0 saturated heterocycles. The second kappa shape index (κ2) is 6.03. The summed E-state index contributed by atoms with van der Waals surface area (Å²) >= 11 is 3.05. The molecule has 0 unspecified atom stereocenters. The molecule has 0 amide bonds. The molecule has 2 heterocycles. The number of nitrogens with zero attached hydrogens (tertiary/aromatic N) is 1. The molecule has 1 N–H and O–H groups in total. The van der Waals surface area contributed by atoms with Gasteiger partial charge in [0.25, 0.3) is 0 Å². The van der Waals surface area contributed by atoms with Gasteiger partial charge in [-0.25, -0.2) is 4.98 Å². The van der Waals surface area contributed by atoms with E-state index in [1.54, 1.807) is 11.3 Å². The molecule has 5 heteroatoms. The number of benzene rings is 1. The molecule has 0 atom stereocenters. The Morgan fingerprint density at radius 1 is 1.33 bits per heavy atom. The summed E-state index contributed by atoms with van der Waals surface area (Å²) in [5.41, 5.74) is 3.17. The highest BCUT2D eigenvalue weighted by atomic mass is 32.2. The Morgan fingerprint density at radius 2 is 2.19 bits per heavy atom. The SMILES string of the molecule is CCc1ccc(C(=O)CSc2nc3ccc(C)cc3[nH]2)s1. The van der Waals surface area contributed by atoms with Gasteiger partial charge in [-0.3, -0.25) is 4.79 Å². The number of fused-ring (bicyclic) bond motifs is 1. The van der Waals surface area contributed by atoms with E-state index >= 15 is 0 Å². The fraction of sp³-hybridized carbons (Fsp3) is 0.250. The van der Waals surface area contributed by atoms with E-state index in [0.717, 1.165) is 27.5 Å². The van der Waals surface area contributed by atoms with Crippen LogP contribution in [0.25, 0.3) is 11.0 Å². The highest BCUT2D eigenvalue weighted by molar-refractivity contribution is 7.99. The van der Waals surface area contributed by atoms with Gasteiger partial charge in [-0.15, -0.1) is 11.3 Å². The molecule has 0 saturated carbocycles. The fourth-order valence-corrected chi connectivity index (χ4v) is 3.84. The molecule has 3 nitrogen and oxygen atoms in total. The van der Waals surface area contributed by atoms with Crippen LogP contribution in [0.1, 0.15) is 27.0 Å². The molecule has 3 aromatic rings. The Bertz CT molecular complexity index is 789. The molecule has 0 aliphatic heterocycles. The van der Waals surface area contributed by atoms with Crippen LogP contribution in [0.2, 0.25) is 0 Å². The second-order valence-corrected chi connectivity index (χ2v) is 7.03. The van der Waals surface area contributed by atoms with Crippen molar-refractivity contribution in [2.24, 2.45) is 0 Å². The topological polar surface area (TPSA) is 45.8 Å². The molecule has 0 bridgehead atoms. The second-order valence-electron chi connectivity index (χ2n) is 4.89. The minimum absolute atomic E-state index is 0.168. The molecule has 108 valence electrons. The van der Waals surface area contributed by atoms with Crippen LogP contribution in [0.3, 0.4) is 0 Å². The summed E-state index contributed by atoms with van der Waals surface area (Å²) in [5.74, 6) is 0.587. The molecule has 21 heavy (non-hydrogen) atoms. The largest absolute Gasteiger partial charge is 0.333 e. The number of aromatic nitrogens is 2. The van der Waals surface area contributed by atoms with Gasteiger partial charge in [0, 0.05) is 4.88 Å². The summed E-state index contributed by atoms with van der Waals surface area (Å²) in [6.45, 7) is 4.16. The number of imidazole rings is 1. The molecular weight excluding hydrogens is 300 g/mol. The maximum absolute atomic E-state index is 12.2. The van der Waals surface area contributed by atoms with Crippen molar-refractivity contribution in [1.29, 1.82) is 0 Å². The maximum atomic E-state index is 12.2. The molecule has 0 aliphatic rings. The van der Waals surface area contributed by atoms with E-state index in [4.69, 9.17) is 0 Å². The molecular formula is C16H16N2OS2. The standard InChI is InChI=1S/C16H16N2OS2/c1-3-11-5-7-15(21-11)14(19)9-20-16-17-12-6-4-10(2)8-13(12)18-16/h4-8H,3,9H2,1-2H3,(H,17,18). The molecule has 2 aromatic heterocycles. The lowest BCUT2D eigenvalue weighted by atomic mass is 10.2. The number of carbonyl (C=O) groups excluding carboxylic acids is 1. The first kappa shape index (κ1) is 14.4. The quantitative estimate of drug-likeness (QED) is 0.558. The first-order valence-electron chi connectivity index (χ1n) is 6.87. The number of aromatic amines is 1. The third-order valence-electron chi connectivity index (χ3n) is 3.24. The number of thiophene rings is 1. The van der Waals surface area contributed by atoms with Crippen LogP contribution < -0.4 is 0 Å². The van der Waals surface area contributed by atoms with E-state index in [0.29, 0.717) is 5.75 Å². The van der Waals surface area contributed by atoms with Crippen LogP contribution in [0.15, 0.2) is 35.5 Å². The highest BCUT2D eigenvalue weighted by Gasteiger charge is 2.11. The summed E-state index contributed by atoms with van der Waals surface area (Å²) in [4.78, 5) is 22.0. The van der Waals surface area contributed by atoms with Crippen LogP contribution >= 0.6 is 23.1 Å². The lowest BCUT2D eigenvalue weighted by Gasteiger charge is -1.95. The Morgan fingerprint density at radius 3 is 2.95 bits per heavy atom. The summed E-state index contributed by atoms with van der Waals surface area (Å²) in [7, 11) is 0. The molecule has 3 rings (SSSR count). The van der Waals surface area contributed by atoms with Gasteiger partial charge in [0.15, 0.2) is 10.9 Å². The zero-order valence-electron chi connectivity index (χ0n) is 12.0. The Hall–Kier alpha value is -1.59. The predicted molar refractivity (Wildman–Crippen MR) is 89.6 cm³/mol. The number of Topliss-reactive ketones (excluding diaryl/α,β-unsaturated/α-hetero) is 1. The third kappa shape index (κ3) is 3.19. The fourth-order valence-electron chi connectivity index (χ4n) is 2.09. The predicted octanol–water partition coefficient (Wildman–Crippen LogP) is 4.47. The summed E-state index contributed by atoms with van der Waals surface area (Å²) in [6, 6.07) is 10.1. The van der Waals surface area contributed by atoms with Crippen LogP contribution in [0.5, 0.6) is 0 Å². The lowest BCUT2D eigenvalue weighted by Crippen LogP contribution is -1.99. The number of nitrogens with one attached hydrogen (secondary N) is 1. The number of thioether (sulfide) groups is 1. The van der Waals surface area contributed by atoms with Crippen molar-refractivity contribution in [2.45, 2.75) is 25.4 Å². The number of H-pyrrole nitrogens is 1. The van der Waals surface area contributed by atoms with E-state index in [-0.39, 0.29) is 5.78 Å². The number of carbonyl (C=O) groups is 1. The molecule has 0 radical (unpaired) electrons. The van der Waals surface area contributed by atoms with Crippen molar-refractivity contribution < 1.29 is 4.79 Å². The minimum Gasteiger partial charge on any atom is -0.333 e. The van der Waals surface area contributed by atoms with Gasteiger partial charge in [-0.2, -0.15) is 0 Å². The van der Waals surface area contributed by atoms with Crippen molar-refractivity contribution in [3.63, 3.8) is 0 Å². The van der Waals surface area contributed by atoms with Gasteiger partial charge in [-0.05, 0) is 43.2 Å². The summed E-state index contributed by atoms with van der Waals surface area (Å²) in [5, 5.41) is 0.802. The van der Waals surface area contributed by atoms with E-state index < -0.39 is 0 Å². The van der Waals surface area contributed by atoms with E-state index in [1.165, 1.54) is 22.2 Å². The molecule has 0 fully saturated rings. The number of rotatable bonds is 5. The van der Waals surface area contributed by atoms with Gasteiger partial charge in [0.05, 0.1) is 21.7 Å². The average molecular weight is 316 g/mol. The van der Waals surface area contributed by atoms with Crippen LogP contribution in [-0.2, 0) is 6.42 Å². The van der Waals surface area contributed by atoms with Crippen molar-refractivity contribution in [1.82, 2.24) is 9.97 Å². The average Bonchev–Trinajstić information content (AvgIpc) is 3.10. The van der Waals surface area contributed by atoms with Gasteiger partial charge in [0.2, 0.25) is 0 Å². The normalized spacial score (nSPS) is 11.1. The monoisotopic (exact) mass is 316 g/mol. The Kier molecular flexibility index (Phi) is 4.12. The summed E-state index contributed by atoms with van der Waals surface area (Å²) < 4.78 is 0. The number of hydrogen-bond donors (Lipinski definition) is 1. The first-order chi connectivity index (χ1) is 10.2. The Balaban J connectivity index is 1.69. The first-order valence-corrected chi connectivity index (χ1v) is 8.67. The van der Waals surface area contributed by atoms with Crippen molar-refractivity contribution in [3.05, 3.63) is 45.6 Å². The number of ketones is 1. The van der Waals surface area contributed by atoms with E-state index in [1.807, 2.05) is 24.3 Å².